The standard InChI is InChI=1S/C10H11N5O4/c1-13-9(17)14-6(8(16)19-2)3-5-7(12-4-11-5)15(14)10(13)18/h3-4,6-7H,1-2H3,(H,11,12)/t6-,7+/m1/s1. The number of fused-ring (bicyclic) bond motifs is 3. The number of aliphatic imine (C=N–C) groups is 1. The van der Waals surface area contributed by atoms with Crippen molar-refractivity contribution in [2.75, 3.05) is 7.11 Å². The lowest BCUT2D eigenvalue weighted by Gasteiger charge is -2.24. The minimum Gasteiger partial charge on any atom is -0.467 e. The summed E-state index contributed by atoms with van der Waals surface area (Å²) in [6.07, 6.45) is 2.32. The van der Waals surface area contributed by atoms with Gasteiger partial charge in [-0.1, -0.05) is 0 Å². The summed E-state index contributed by atoms with van der Waals surface area (Å²) in [5, 5.41) is 2.84. The van der Waals surface area contributed by atoms with E-state index in [1.54, 1.807) is 0 Å². The van der Waals surface area contributed by atoms with Crippen LogP contribution in [0.25, 0.3) is 0 Å². The Labute approximate surface area is 106 Å². The summed E-state index contributed by atoms with van der Waals surface area (Å²) in [7, 11) is 2.57. The Morgan fingerprint density at radius 2 is 2.05 bits per heavy atom. The average Bonchev–Trinajstić information content (AvgIpc) is 2.96. The molecule has 100 valence electrons. The number of ether oxygens (including phenoxy) is 1. The Kier molecular flexibility index (Phi) is 2.24. The van der Waals surface area contributed by atoms with Crippen LogP contribution in [0.5, 0.6) is 0 Å². The number of methoxy groups -OCH3 is 1. The van der Waals surface area contributed by atoms with Crippen molar-refractivity contribution in [2.45, 2.75) is 12.2 Å². The van der Waals surface area contributed by atoms with Gasteiger partial charge in [0.05, 0.1) is 19.1 Å². The molecule has 2 atom stereocenters. The topological polar surface area (TPSA) is 99.6 Å². The first-order valence-corrected chi connectivity index (χ1v) is 5.54. The lowest BCUT2D eigenvalue weighted by molar-refractivity contribution is -0.143. The zero-order chi connectivity index (χ0) is 13.7. The second kappa shape index (κ2) is 3.70. The third kappa shape index (κ3) is 1.35. The lowest BCUT2D eigenvalue weighted by Crippen LogP contribution is -2.40. The summed E-state index contributed by atoms with van der Waals surface area (Å²) in [4.78, 5) is 39.9. The number of esters is 1. The molecule has 3 rings (SSSR count). The van der Waals surface area contributed by atoms with Gasteiger partial charge in [-0.3, -0.25) is 0 Å². The second-order valence-corrected chi connectivity index (χ2v) is 4.20. The van der Waals surface area contributed by atoms with E-state index in [1.807, 2.05) is 0 Å². The highest BCUT2D eigenvalue weighted by molar-refractivity contribution is 5.77. The summed E-state index contributed by atoms with van der Waals surface area (Å²) in [6.45, 7) is 0. The molecule has 2 aliphatic heterocycles. The van der Waals surface area contributed by atoms with Crippen molar-refractivity contribution < 1.29 is 9.53 Å². The van der Waals surface area contributed by atoms with Gasteiger partial charge in [-0.05, 0) is 6.08 Å². The maximum absolute atomic E-state index is 12.1. The first-order valence-electron chi connectivity index (χ1n) is 5.54. The van der Waals surface area contributed by atoms with Gasteiger partial charge in [0, 0.05) is 7.05 Å². The summed E-state index contributed by atoms with van der Waals surface area (Å²) < 4.78 is 7.80. The molecule has 0 amide bonds. The smallest absolute Gasteiger partial charge is 0.349 e. The Morgan fingerprint density at radius 1 is 1.37 bits per heavy atom. The van der Waals surface area contributed by atoms with E-state index in [2.05, 4.69) is 15.0 Å². The number of carbonyl (C=O) groups excluding carboxylic acids is 1. The maximum atomic E-state index is 12.1. The van der Waals surface area contributed by atoms with E-state index in [4.69, 9.17) is 0 Å². The molecule has 0 aliphatic carbocycles. The highest BCUT2D eigenvalue weighted by Gasteiger charge is 2.37. The molecule has 1 N–H and O–H groups in total. The predicted molar refractivity (Wildman–Crippen MR) is 63.7 cm³/mol. The van der Waals surface area contributed by atoms with Gasteiger partial charge >= 0.3 is 17.3 Å². The summed E-state index contributed by atoms with van der Waals surface area (Å²) in [5.41, 5.74) is -0.545. The highest BCUT2D eigenvalue weighted by atomic mass is 16.5. The van der Waals surface area contributed by atoms with Gasteiger partial charge in [-0.15, -0.1) is 0 Å². The molecule has 0 radical (unpaired) electrons. The van der Waals surface area contributed by atoms with Crippen LogP contribution in [0.4, 0.5) is 0 Å². The molecule has 19 heavy (non-hydrogen) atoms. The van der Waals surface area contributed by atoms with Gasteiger partial charge in [-0.25, -0.2) is 28.6 Å². The van der Waals surface area contributed by atoms with Crippen LogP contribution in [0, 0.1) is 0 Å². The fourth-order valence-electron chi connectivity index (χ4n) is 2.24. The van der Waals surface area contributed by atoms with Crippen LogP contribution < -0.4 is 16.7 Å². The average molecular weight is 265 g/mol. The Balaban J connectivity index is 2.32. The number of hydrogen-bond acceptors (Lipinski definition) is 6. The summed E-state index contributed by atoms with van der Waals surface area (Å²) in [6, 6.07) is -0.980. The molecule has 0 spiro atoms. The Bertz CT molecular complexity index is 734. The van der Waals surface area contributed by atoms with Crippen LogP contribution in [0.2, 0.25) is 0 Å². The zero-order valence-electron chi connectivity index (χ0n) is 10.2. The van der Waals surface area contributed by atoms with Crippen LogP contribution in [-0.2, 0) is 16.6 Å². The van der Waals surface area contributed by atoms with Crippen molar-refractivity contribution in [2.24, 2.45) is 12.0 Å². The predicted octanol–water partition coefficient (Wildman–Crippen LogP) is -1.91. The first-order chi connectivity index (χ1) is 9.06. The monoisotopic (exact) mass is 265 g/mol. The Morgan fingerprint density at radius 3 is 2.74 bits per heavy atom. The normalized spacial score (nSPS) is 23.4. The van der Waals surface area contributed by atoms with E-state index >= 15 is 0 Å². The van der Waals surface area contributed by atoms with Crippen molar-refractivity contribution >= 4 is 12.3 Å². The third-order valence-corrected chi connectivity index (χ3v) is 3.20. The van der Waals surface area contributed by atoms with Crippen LogP contribution in [0.15, 0.2) is 26.4 Å². The molecule has 0 bridgehead atoms. The van der Waals surface area contributed by atoms with Crippen LogP contribution in [-0.4, -0.2) is 33.3 Å². The summed E-state index contributed by atoms with van der Waals surface area (Å²) >= 11 is 0. The zero-order valence-corrected chi connectivity index (χ0v) is 10.2. The van der Waals surface area contributed by atoms with Crippen molar-refractivity contribution in [3.05, 3.63) is 32.7 Å². The largest absolute Gasteiger partial charge is 0.467 e. The van der Waals surface area contributed by atoms with E-state index < -0.39 is 29.6 Å². The van der Waals surface area contributed by atoms with Crippen LogP contribution in [0.3, 0.4) is 0 Å². The van der Waals surface area contributed by atoms with Gasteiger partial charge in [0.1, 0.15) is 0 Å². The van der Waals surface area contributed by atoms with Gasteiger partial charge < -0.3 is 10.1 Å². The number of rotatable bonds is 1. The highest BCUT2D eigenvalue weighted by Crippen LogP contribution is 2.27. The SMILES string of the molecule is COC(=O)[C@H]1C=C2NC=N[C@H]2n2c(=O)n(C)c(=O)n21. The number of carbonyl (C=O) groups is 1. The Hall–Kier alpha value is -2.58. The number of hydrogen-bond donors (Lipinski definition) is 1. The third-order valence-electron chi connectivity index (χ3n) is 3.20. The van der Waals surface area contributed by atoms with Crippen molar-refractivity contribution in [1.82, 2.24) is 19.2 Å². The molecule has 0 fully saturated rings. The number of nitrogens with one attached hydrogen (secondary N) is 1. The van der Waals surface area contributed by atoms with Gasteiger partial charge in [0.15, 0.2) is 12.2 Å². The molecular weight excluding hydrogens is 254 g/mol. The number of nitrogens with zero attached hydrogens (tertiary/aromatic N) is 4. The molecule has 0 saturated heterocycles. The molecule has 9 heteroatoms. The first kappa shape index (κ1) is 11.5. The molecule has 3 heterocycles. The van der Waals surface area contributed by atoms with E-state index in [0.717, 1.165) is 13.9 Å². The van der Waals surface area contributed by atoms with Gasteiger partial charge in [0.25, 0.3) is 0 Å². The van der Waals surface area contributed by atoms with Crippen molar-refractivity contribution in [3.63, 3.8) is 0 Å². The minimum absolute atomic E-state index is 0.532. The van der Waals surface area contributed by atoms with E-state index in [1.165, 1.54) is 26.6 Å². The molecule has 2 aliphatic rings. The van der Waals surface area contributed by atoms with Gasteiger partial charge in [-0.2, -0.15) is 4.68 Å². The molecule has 1 aromatic heterocycles. The fraction of sp³-hybridized carbons (Fsp3) is 0.400. The van der Waals surface area contributed by atoms with Crippen molar-refractivity contribution in [1.29, 1.82) is 0 Å². The number of aromatic nitrogens is 3. The minimum atomic E-state index is -0.980. The molecule has 1 aromatic rings. The molecule has 0 unspecified atom stereocenters. The maximum Gasteiger partial charge on any atom is 0.349 e. The molecule has 0 aromatic carbocycles. The second-order valence-electron chi connectivity index (χ2n) is 4.20. The van der Waals surface area contributed by atoms with E-state index in [9.17, 15) is 14.4 Å². The fourth-order valence-corrected chi connectivity index (χ4v) is 2.24. The summed E-state index contributed by atoms with van der Waals surface area (Å²) in [5.74, 6) is -0.624. The quantitative estimate of drug-likeness (QED) is 0.597. The molecular formula is C10H11N5O4. The van der Waals surface area contributed by atoms with Crippen molar-refractivity contribution in [3.8, 4) is 0 Å². The molecule has 9 nitrogen and oxygen atoms in total. The molecule has 0 saturated carbocycles. The van der Waals surface area contributed by atoms with Gasteiger partial charge in [0.2, 0.25) is 0 Å². The lowest BCUT2D eigenvalue weighted by atomic mass is 10.2. The van der Waals surface area contributed by atoms with E-state index in [-0.39, 0.29) is 0 Å². The van der Waals surface area contributed by atoms with E-state index in [0.29, 0.717) is 5.70 Å². The van der Waals surface area contributed by atoms with Crippen LogP contribution in [0.1, 0.15) is 12.2 Å². The van der Waals surface area contributed by atoms with Crippen LogP contribution >= 0.6 is 0 Å².